The lowest BCUT2D eigenvalue weighted by molar-refractivity contribution is 0.536. The zero-order valence-corrected chi connectivity index (χ0v) is 13.1. The van der Waals surface area contributed by atoms with E-state index in [0.29, 0.717) is 17.1 Å². The summed E-state index contributed by atoms with van der Waals surface area (Å²) in [7, 11) is 0. The summed E-state index contributed by atoms with van der Waals surface area (Å²) in [5, 5.41) is 5.13. The van der Waals surface area contributed by atoms with Crippen LogP contribution in [-0.2, 0) is 6.54 Å². The van der Waals surface area contributed by atoms with Crippen LogP contribution in [0.3, 0.4) is 0 Å². The van der Waals surface area contributed by atoms with Crippen LogP contribution < -0.4 is 11.3 Å². The van der Waals surface area contributed by atoms with E-state index in [2.05, 4.69) is 12.0 Å². The molecule has 0 saturated carbocycles. The Morgan fingerprint density at radius 1 is 1.33 bits per heavy atom. The predicted octanol–water partition coefficient (Wildman–Crippen LogP) is 3.38. The normalized spacial score (nSPS) is 12.4. The minimum absolute atomic E-state index is 0.101. The van der Waals surface area contributed by atoms with E-state index in [-0.39, 0.29) is 11.6 Å². The first kappa shape index (κ1) is 15.7. The van der Waals surface area contributed by atoms with Crippen LogP contribution in [0.4, 0.5) is 0 Å². The van der Waals surface area contributed by atoms with Crippen molar-refractivity contribution in [3.05, 3.63) is 51.3 Å². The number of benzene rings is 1. The monoisotopic (exact) mass is 305 g/mol. The predicted molar refractivity (Wildman–Crippen MR) is 86.5 cm³/mol. The minimum atomic E-state index is -0.320. The Kier molecular flexibility index (Phi) is 5.15. The molecule has 1 atom stereocenters. The lowest BCUT2D eigenvalue weighted by Gasteiger charge is -2.12. The van der Waals surface area contributed by atoms with Crippen molar-refractivity contribution in [1.29, 1.82) is 0 Å². The van der Waals surface area contributed by atoms with Crippen molar-refractivity contribution in [3.8, 4) is 11.3 Å². The standard InChI is InChI=1S/C16H20ClN3O/c1-3-4-9-20-16(21)14(11(2)18)10-15(19-20)12-5-7-13(17)8-6-12/h5-8,10-11H,3-4,9,18H2,1-2H3. The SMILES string of the molecule is CCCCn1nc(-c2ccc(Cl)cc2)cc(C(C)N)c1=O. The molecule has 0 bridgehead atoms. The van der Waals surface area contributed by atoms with Crippen LogP contribution in [-0.4, -0.2) is 9.78 Å². The third kappa shape index (κ3) is 3.71. The molecule has 5 heteroatoms. The van der Waals surface area contributed by atoms with Gasteiger partial charge >= 0.3 is 0 Å². The zero-order chi connectivity index (χ0) is 15.4. The molecule has 4 nitrogen and oxygen atoms in total. The number of nitrogens with two attached hydrogens (primary N) is 1. The van der Waals surface area contributed by atoms with Crippen LogP contribution >= 0.6 is 11.6 Å². The van der Waals surface area contributed by atoms with E-state index in [1.807, 2.05) is 31.2 Å². The van der Waals surface area contributed by atoms with Crippen molar-refractivity contribution in [2.24, 2.45) is 5.73 Å². The van der Waals surface area contributed by atoms with Crippen LogP contribution in [0, 0.1) is 0 Å². The van der Waals surface area contributed by atoms with E-state index in [0.717, 1.165) is 24.1 Å². The first-order valence-electron chi connectivity index (χ1n) is 7.16. The summed E-state index contributed by atoms with van der Waals surface area (Å²) in [6.07, 6.45) is 1.92. The van der Waals surface area contributed by atoms with Crippen molar-refractivity contribution in [2.75, 3.05) is 0 Å². The van der Waals surface area contributed by atoms with Gasteiger partial charge in [0, 0.05) is 28.7 Å². The highest BCUT2D eigenvalue weighted by Gasteiger charge is 2.12. The second kappa shape index (κ2) is 6.87. The molecule has 2 rings (SSSR count). The second-order valence-corrected chi connectivity index (χ2v) is 5.60. The average molecular weight is 306 g/mol. The molecule has 0 fully saturated rings. The highest BCUT2D eigenvalue weighted by molar-refractivity contribution is 6.30. The minimum Gasteiger partial charge on any atom is -0.324 e. The summed E-state index contributed by atoms with van der Waals surface area (Å²) < 4.78 is 1.52. The Morgan fingerprint density at radius 3 is 2.57 bits per heavy atom. The molecular weight excluding hydrogens is 286 g/mol. The highest BCUT2D eigenvalue weighted by Crippen LogP contribution is 2.20. The molecule has 112 valence electrons. The lowest BCUT2D eigenvalue weighted by atomic mass is 10.1. The topological polar surface area (TPSA) is 60.9 Å². The van der Waals surface area contributed by atoms with Crippen LogP contribution in [0.25, 0.3) is 11.3 Å². The molecule has 2 N–H and O–H groups in total. The maximum absolute atomic E-state index is 12.4. The Labute approximate surface area is 129 Å². The van der Waals surface area contributed by atoms with E-state index in [9.17, 15) is 4.79 Å². The maximum Gasteiger partial charge on any atom is 0.271 e. The van der Waals surface area contributed by atoms with Gasteiger partial charge in [0.05, 0.1) is 5.69 Å². The number of aryl methyl sites for hydroxylation is 1. The molecule has 0 saturated heterocycles. The lowest BCUT2D eigenvalue weighted by Crippen LogP contribution is -2.29. The highest BCUT2D eigenvalue weighted by atomic mass is 35.5. The number of hydrogen-bond donors (Lipinski definition) is 1. The first-order chi connectivity index (χ1) is 10.0. The van der Waals surface area contributed by atoms with E-state index >= 15 is 0 Å². The number of rotatable bonds is 5. The van der Waals surface area contributed by atoms with E-state index < -0.39 is 0 Å². The molecule has 0 radical (unpaired) electrons. The largest absolute Gasteiger partial charge is 0.324 e. The fraction of sp³-hybridized carbons (Fsp3) is 0.375. The number of halogens is 1. The number of nitrogens with zero attached hydrogens (tertiary/aromatic N) is 2. The molecule has 0 amide bonds. The molecule has 0 spiro atoms. The maximum atomic E-state index is 12.4. The number of hydrogen-bond acceptors (Lipinski definition) is 3. The van der Waals surface area contributed by atoms with Crippen LogP contribution in [0.5, 0.6) is 0 Å². The molecule has 0 aliphatic heterocycles. The first-order valence-corrected chi connectivity index (χ1v) is 7.54. The van der Waals surface area contributed by atoms with Crippen molar-refractivity contribution >= 4 is 11.6 Å². The van der Waals surface area contributed by atoms with Gasteiger partial charge in [-0.15, -0.1) is 0 Å². The van der Waals surface area contributed by atoms with Crippen LogP contribution in [0.15, 0.2) is 35.1 Å². The van der Waals surface area contributed by atoms with Gasteiger partial charge < -0.3 is 5.73 Å². The van der Waals surface area contributed by atoms with E-state index in [1.54, 1.807) is 6.07 Å². The second-order valence-electron chi connectivity index (χ2n) is 5.16. The van der Waals surface area contributed by atoms with Gasteiger partial charge in [0.15, 0.2) is 0 Å². The van der Waals surface area contributed by atoms with Crippen LogP contribution in [0.2, 0.25) is 5.02 Å². The van der Waals surface area contributed by atoms with Crippen molar-refractivity contribution in [3.63, 3.8) is 0 Å². The zero-order valence-electron chi connectivity index (χ0n) is 12.3. The third-order valence-corrected chi connectivity index (χ3v) is 3.61. The fourth-order valence-electron chi connectivity index (χ4n) is 2.11. The molecule has 21 heavy (non-hydrogen) atoms. The van der Waals surface area contributed by atoms with Gasteiger partial charge in [-0.2, -0.15) is 5.10 Å². The molecule has 0 aliphatic rings. The summed E-state index contributed by atoms with van der Waals surface area (Å²) in [5.41, 5.74) is 8.08. The van der Waals surface area contributed by atoms with Gasteiger partial charge in [-0.1, -0.05) is 37.1 Å². The third-order valence-electron chi connectivity index (χ3n) is 3.36. The summed E-state index contributed by atoms with van der Waals surface area (Å²) in [6, 6.07) is 8.86. The molecule has 1 aromatic carbocycles. The Balaban J connectivity index is 2.52. The number of aromatic nitrogens is 2. The van der Waals surface area contributed by atoms with Gasteiger partial charge in [0.2, 0.25) is 0 Å². The summed E-state index contributed by atoms with van der Waals surface area (Å²) in [6.45, 7) is 4.50. The molecule has 0 aliphatic carbocycles. The number of unbranched alkanes of at least 4 members (excludes halogenated alkanes) is 1. The quantitative estimate of drug-likeness (QED) is 0.921. The summed E-state index contributed by atoms with van der Waals surface area (Å²) in [4.78, 5) is 12.4. The molecule has 1 unspecified atom stereocenters. The summed E-state index contributed by atoms with van der Waals surface area (Å²) in [5.74, 6) is 0. The Bertz CT molecular complexity index is 662. The van der Waals surface area contributed by atoms with E-state index in [4.69, 9.17) is 17.3 Å². The molecule has 1 aromatic heterocycles. The Hall–Kier alpha value is -1.65. The summed E-state index contributed by atoms with van der Waals surface area (Å²) >= 11 is 5.91. The van der Waals surface area contributed by atoms with Crippen molar-refractivity contribution < 1.29 is 0 Å². The van der Waals surface area contributed by atoms with Gasteiger partial charge in [-0.25, -0.2) is 4.68 Å². The van der Waals surface area contributed by atoms with Gasteiger partial charge in [-0.05, 0) is 31.5 Å². The van der Waals surface area contributed by atoms with Gasteiger partial charge in [0.25, 0.3) is 5.56 Å². The fourth-order valence-corrected chi connectivity index (χ4v) is 2.24. The molecule has 1 heterocycles. The van der Waals surface area contributed by atoms with Crippen LogP contribution in [0.1, 0.15) is 38.3 Å². The van der Waals surface area contributed by atoms with E-state index in [1.165, 1.54) is 4.68 Å². The Morgan fingerprint density at radius 2 is 2.00 bits per heavy atom. The smallest absolute Gasteiger partial charge is 0.271 e. The average Bonchev–Trinajstić information content (AvgIpc) is 2.47. The molecule has 2 aromatic rings. The van der Waals surface area contributed by atoms with Crippen molar-refractivity contribution in [2.45, 2.75) is 39.3 Å². The van der Waals surface area contributed by atoms with Gasteiger partial charge in [0.1, 0.15) is 0 Å². The van der Waals surface area contributed by atoms with Gasteiger partial charge in [-0.3, -0.25) is 4.79 Å². The van der Waals surface area contributed by atoms with Crippen molar-refractivity contribution in [1.82, 2.24) is 9.78 Å². The molecular formula is C16H20ClN3O.